The van der Waals surface area contributed by atoms with Gasteiger partial charge < -0.3 is 13.9 Å². The van der Waals surface area contributed by atoms with Crippen LogP contribution in [0.3, 0.4) is 0 Å². The Morgan fingerprint density at radius 3 is 2.16 bits per heavy atom. The zero-order valence-corrected chi connectivity index (χ0v) is 29.2. The Morgan fingerprint density at radius 1 is 0.820 bits per heavy atom. The number of nitrogens with one attached hydrogen (secondary N) is 1. The van der Waals surface area contributed by atoms with Gasteiger partial charge in [0.25, 0.3) is 10.7 Å². The predicted molar refractivity (Wildman–Crippen MR) is 198 cm³/mol. The molecule has 1 N–H and O–H groups in total. The van der Waals surface area contributed by atoms with Crippen molar-refractivity contribution in [3.63, 3.8) is 0 Å². The molecule has 1 aliphatic rings. The minimum absolute atomic E-state index is 0.0535. The number of amidine groups is 1. The maximum atomic E-state index is 13.9. The molecule has 0 spiro atoms. The van der Waals surface area contributed by atoms with Gasteiger partial charge in [-0.05, 0) is 96.7 Å². The molecule has 7 rings (SSSR count). The van der Waals surface area contributed by atoms with Crippen molar-refractivity contribution in [1.82, 2.24) is 9.78 Å². The lowest BCUT2D eigenvalue weighted by atomic mass is 10.1. The van der Waals surface area contributed by atoms with E-state index in [0.29, 0.717) is 35.2 Å². The van der Waals surface area contributed by atoms with Gasteiger partial charge in [0.15, 0.2) is 0 Å². The molecule has 13 heteroatoms. The highest BCUT2D eigenvalue weighted by Gasteiger charge is 2.32. The molecule has 0 bridgehead atoms. The van der Waals surface area contributed by atoms with Crippen molar-refractivity contribution in [3.8, 4) is 17.2 Å². The van der Waals surface area contributed by atoms with Gasteiger partial charge in [-0.2, -0.15) is 8.42 Å². The number of anilines is 2. The van der Waals surface area contributed by atoms with Crippen LogP contribution in [0.5, 0.6) is 5.75 Å². The Balaban J connectivity index is 1.11. The van der Waals surface area contributed by atoms with Crippen LogP contribution in [0.2, 0.25) is 0 Å². The van der Waals surface area contributed by atoms with Crippen LogP contribution in [-0.4, -0.2) is 29.9 Å². The van der Waals surface area contributed by atoms with Crippen molar-refractivity contribution in [2.24, 2.45) is 4.99 Å². The molecule has 2 heterocycles. The van der Waals surface area contributed by atoms with Gasteiger partial charge in [0, 0.05) is 21.3 Å². The fourth-order valence-corrected chi connectivity index (χ4v) is 6.49. The Labute approximate surface area is 301 Å². The topological polar surface area (TPSA) is 119 Å². The minimum atomic E-state index is -3.99. The van der Waals surface area contributed by atoms with Gasteiger partial charge in [-0.3, -0.25) is 9.69 Å². The van der Waals surface area contributed by atoms with E-state index in [1.807, 2.05) is 66.7 Å². The standard InChI is InChI=1S/C37H26BrN5O5S2/c38-28-15-17-29(18-16-28)39-24-42-37(49)47-35(41-42)27-13-19-30(20-14-27)43-34(26-7-3-1-4-8-26)40-33(36(43)44)23-25-11-21-31(22-12-25)48-50(45,46)32-9-5-2-6-10-32/h1-23,39H,24H2/b33-23-. The smallest absolute Gasteiger partial charge is 0.339 e. The molecule has 248 valence electrons. The van der Waals surface area contributed by atoms with Crippen LogP contribution < -0.4 is 14.4 Å². The molecule has 0 aliphatic carbocycles. The number of benzene rings is 5. The number of nitrogens with zero attached hydrogens (tertiary/aromatic N) is 4. The third-order valence-corrected chi connectivity index (χ3v) is 9.65. The van der Waals surface area contributed by atoms with E-state index in [9.17, 15) is 13.2 Å². The van der Waals surface area contributed by atoms with Crippen molar-refractivity contribution >= 4 is 67.5 Å². The highest BCUT2D eigenvalue weighted by Crippen LogP contribution is 2.30. The van der Waals surface area contributed by atoms with Crippen molar-refractivity contribution in [2.45, 2.75) is 11.6 Å². The molecule has 0 radical (unpaired) electrons. The predicted octanol–water partition coefficient (Wildman–Crippen LogP) is 8.31. The highest BCUT2D eigenvalue weighted by atomic mass is 79.9. The summed E-state index contributed by atoms with van der Waals surface area (Å²) in [7, 11) is -3.99. The molecule has 0 atom stereocenters. The third kappa shape index (κ3) is 7.20. The van der Waals surface area contributed by atoms with E-state index in [-0.39, 0.29) is 27.1 Å². The molecule has 1 amide bonds. The number of rotatable bonds is 10. The van der Waals surface area contributed by atoms with E-state index in [4.69, 9.17) is 25.8 Å². The molecule has 10 nitrogen and oxygen atoms in total. The van der Waals surface area contributed by atoms with Crippen LogP contribution in [0, 0.1) is 4.84 Å². The fraction of sp³-hybridized carbons (Fsp3) is 0.0270. The van der Waals surface area contributed by atoms with Crippen LogP contribution >= 0.6 is 28.1 Å². The largest absolute Gasteiger partial charge is 0.409 e. The molecule has 1 aromatic heterocycles. The van der Waals surface area contributed by atoms with Crippen LogP contribution in [0.15, 0.2) is 158 Å². The number of halogens is 1. The summed E-state index contributed by atoms with van der Waals surface area (Å²) in [5, 5.41) is 7.80. The first-order chi connectivity index (χ1) is 24.2. The minimum Gasteiger partial charge on any atom is -0.409 e. The average molecular weight is 765 g/mol. The van der Waals surface area contributed by atoms with Crippen molar-refractivity contribution in [2.75, 3.05) is 10.2 Å². The summed E-state index contributed by atoms with van der Waals surface area (Å²) in [6.45, 7) is 0.318. The molecular formula is C37H26BrN5O5S2. The lowest BCUT2D eigenvalue weighted by Gasteiger charge is -2.18. The van der Waals surface area contributed by atoms with Crippen molar-refractivity contribution < 1.29 is 21.8 Å². The molecule has 0 saturated carbocycles. The molecular weight excluding hydrogens is 738 g/mol. The molecule has 0 saturated heterocycles. The normalized spacial score (nSPS) is 13.8. The van der Waals surface area contributed by atoms with Gasteiger partial charge >= 0.3 is 10.1 Å². The fourth-order valence-electron chi connectivity index (χ4n) is 5.09. The second-order valence-corrected chi connectivity index (χ2v) is 13.8. The number of aliphatic imine (C=N–C) groups is 1. The summed E-state index contributed by atoms with van der Waals surface area (Å²) in [5.41, 5.74) is 3.78. The van der Waals surface area contributed by atoms with Crippen LogP contribution in [0.1, 0.15) is 11.1 Å². The van der Waals surface area contributed by atoms with E-state index < -0.39 is 10.1 Å². The second kappa shape index (κ2) is 14.1. The van der Waals surface area contributed by atoms with Gasteiger partial charge in [-0.25, -0.2) is 9.67 Å². The van der Waals surface area contributed by atoms with E-state index >= 15 is 0 Å². The number of hydrogen-bond donors (Lipinski definition) is 1. The Morgan fingerprint density at radius 2 is 1.48 bits per heavy atom. The van der Waals surface area contributed by atoms with Gasteiger partial charge in [0.1, 0.15) is 28.8 Å². The van der Waals surface area contributed by atoms with E-state index in [1.54, 1.807) is 58.1 Å². The Bertz CT molecular complexity index is 2390. The quantitative estimate of drug-likeness (QED) is 0.0841. The third-order valence-electron chi connectivity index (χ3n) is 7.57. The van der Waals surface area contributed by atoms with Crippen LogP contribution in [0.25, 0.3) is 17.5 Å². The first-order valence-corrected chi connectivity index (χ1v) is 17.8. The van der Waals surface area contributed by atoms with Gasteiger partial charge in [0.05, 0.1) is 5.69 Å². The monoisotopic (exact) mass is 763 g/mol. The van der Waals surface area contributed by atoms with Gasteiger partial charge in [-0.15, -0.1) is 5.10 Å². The molecule has 0 fully saturated rings. The summed E-state index contributed by atoms with van der Waals surface area (Å²) in [4.78, 5) is 20.4. The van der Waals surface area contributed by atoms with E-state index in [2.05, 4.69) is 26.3 Å². The summed E-state index contributed by atoms with van der Waals surface area (Å²) in [5.74, 6) is 0.617. The lowest BCUT2D eigenvalue weighted by Crippen LogP contribution is -2.32. The SMILES string of the molecule is O=C1/C(=C/c2ccc(OS(=O)(=O)c3ccccc3)cc2)N=C(c2ccccc2)N1c1ccc(-c2nn(CNc3ccc(Br)cc3)c(=S)o2)cc1. The Kier molecular flexibility index (Phi) is 9.26. The summed E-state index contributed by atoms with van der Waals surface area (Å²) in [6.07, 6.45) is 1.65. The maximum Gasteiger partial charge on any atom is 0.339 e. The first-order valence-electron chi connectivity index (χ1n) is 15.2. The molecule has 0 unspecified atom stereocenters. The molecule has 1 aliphatic heterocycles. The number of hydrogen-bond acceptors (Lipinski definition) is 9. The van der Waals surface area contributed by atoms with Crippen molar-refractivity contribution in [3.05, 3.63) is 160 Å². The zero-order valence-electron chi connectivity index (χ0n) is 26.0. The molecule has 50 heavy (non-hydrogen) atoms. The van der Waals surface area contributed by atoms with E-state index in [0.717, 1.165) is 15.7 Å². The van der Waals surface area contributed by atoms with Gasteiger partial charge in [0.2, 0.25) is 5.89 Å². The number of carbonyl (C=O) groups excluding carboxylic acids is 1. The lowest BCUT2D eigenvalue weighted by molar-refractivity contribution is -0.113. The van der Waals surface area contributed by atoms with Crippen LogP contribution in [0.4, 0.5) is 11.4 Å². The van der Waals surface area contributed by atoms with Crippen LogP contribution in [-0.2, 0) is 21.6 Å². The molecule has 5 aromatic carbocycles. The van der Waals surface area contributed by atoms with Gasteiger partial charge in [-0.1, -0.05) is 76.6 Å². The summed E-state index contributed by atoms with van der Waals surface area (Å²) in [6, 6.07) is 38.7. The molecule has 6 aromatic rings. The van der Waals surface area contributed by atoms with E-state index in [1.165, 1.54) is 24.3 Å². The first kappa shape index (κ1) is 32.9. The highest BCUT2D eigenvalue weighted by molar-refractivity contribution is 9.10. The second-order valence-electron chi connectivity index (χ2n) is 11.0. The summed E-state index contributed by atoms with van der Waals surface area (Å²) < 4.78 is 38.9. The number of carbonyl (C=O) groups is 1. The Hall–Kier alpha value is -5.63. The zero-order chi connectivity index (χ0) is 34.7. The van der Waals surface area contributed by atoms with Crippen molar-refractivity contribution in [1.29, 1.82) is 0 Å². The summed E-state index contributed by atoms with van der Waals surface area (Å²) >= 11 is 8.83. The number of aromatic nitrogens is 2. The maximum absolute atomic E-state index is 13.9. The number of amides is 1. The average Bonchev–Trinajstić information content (AvgIpc) is 3.68.